The van der Waals surface area contributed by atoms with Gasteiger partial charge in [0.1, 0.15) is 24.0 Å². The van der Waals surface area contributed by atoms with Crippen LogP contribution in [0, 0.1) is 11.3 Å². The maximum absolute atomic E-state index is 12.4. The van der Waals surface area contributed by atoms with E-state index in [2.05, 4.69) is 20.9 Å². The third-order valence-corrected chi connectivity index (χ3v) is 3.65. The van der Waals surface area contributed by atoms with Crippen LogP contribution in [-0.2, 0) is 0 Å². The number of ketones is 1. The molecular formula is C16H14BrF2N3O2. The van der Waals surface area contributed by atoms with E-state index in [1.807, 2.05) is 6.07 Å². The number of nitrogens with zero attached hydrogens (tertiary/aromatic N) is 2. The lowest BCUT2D eigenvalue weighted by Gasteiger charge is -2.07. The Balaban J connectivity index is 2.38. The Bertz CT molecular complexity index is 838. The number of rotatable bonds is 6. The number of ether oxygens (including phenoxy) is 1. The predicted molar refractivity (Wildman–Crippen MR) is 89.2 cm³/mol. The van der Waals surface area contributed by atoms with Crippen LogP contribution in [0.1, 0.15) is 10.5 Å². The third kappa shape index (κ3) is 4.11. The number of nitrogens with one attached hydrogen (secondary N) is 1. The Kier molecular flexibility index (Phi) is 5.57. The van der Waals surface area contributed by atoms with Crippen LogP contribution in [0.5, 0.6) is 5.75 Å². The molecule has 0 aliphatic carbocycles. The minimum atomic E-state index is -2.58. The number of Topliss-reactive ketones (excluding diaryl/α,β-unsaturated/α-hetero) is 1. The number of carbonyl (C=O) groups excluding carboxylic acids is 1. The van der Waals surface area contributed by atoms with Gasteiger partial charge in [-0.3, -0.25) is 4.79 Å². The van der Waals surface area contributed by atoms with Gasteiger partial charge in [0.2, 0.25) is 5.78 Å². The first-order chi connectivity index (χ1) is 11.3. The molecule has 0 radical (unpaired) electrons. The van der Waals surface area contributed by atoms with Crippen molar-refractivity contribution in [3.05, 3.63) is 40.1 Å². The van der Waals surface area contributed by atoms with E-state index < -0.39 is 18.8 Å². The maximum atomic E-state index is 12.4. The van der Waals surface area contributed by atoms with E-state index in [-0.39, 0.29) is 17.0 Å². The second kappa shape index (κ2) is 7.45. The molecule has 0 spiro atoms. The van der Waals surface area contributed by atoms with Crippen LogP contribution >= 0.6 is 15.9 Å². The Hall–Kier alpha value is -2.40. The highest BCUT2D eigenvalue weighted by Gasteiger charge is 2.16. The SMILES string of the molecule is CN(C)/C=C(\C#N)C(=O)c1cc2cc(OCC(F)F)c(Br)cc2[nH]1. The Labute approximate surface area is 145 Å². The van der Waals surface area contributed by atoms with E-state index in [1.165, 1.54) is 6.20 Å². The van der Waals surface area contributed by atoms with Crippen molar-refractivity contribution in [1.82, 2.24) is 9.88 Å². The molecule has 5 nitrogen and oxygen atoms in total. The fraction of sp³-hybridized carbons (Fsp3) is 0.250. The molecule has 0 amide bonds. The summed E-state index contributed by atoms with van der Waals surface area (Å²) in [6, 6.07) is 6.61. The fourth-order valence-electron chi connectivity index (χ4n) is 2.06. The monoisotopic (exact) mass is 397 g/mol. The summed E-state index contributed by atoms with van der Waals surface area (Å²) in [5, 5.41) is 9.73. The van der Waals surface area contributed by atoms with Crippen LogP contribution in [0.25, 0.3) is 10.9 Å². The minimum Gasteiger partial charge on any atom is -0.486 e. The lowest BCUT2D eigenvalue weighted by Crippen LogP contribution is -2.09. The quantitative estimate of drug-likeness (QED) is 0.458. The molecule has 0 atom stereocenters. The van der Waals surface area contributed by atoms with E-state index in [4.69, 9.17) is 10.00 Å². The molecule has 8 heteroatoms. The van der Waals surface area contributed by atoms with E-state index in [9.17, 15) is 13.6 Å². The highest BCUT2D eigenvalue weighted by Crippen LogP contribution is 2.31. The summed E-state index contributed by atoms with van der Waals surface area (Å²) in [7, 11) is 3.42. The van der Waals surface area contributed by atoms with Crippen molar-refractivity contribution >= 4 is 32.6 Å². The van der Waals surface area contributed by atoms with Crippen LogP contribution in [0.3, 0.4) is 0 Å². The van der Waals surface area contributed by atoms with Gasteiger partial charge in [-0.1, -0.05) is 0 Å². The van der Waals surface area contributed by atoms with Gasteiger partial charge in [0, 0.05) is 31.2 Å². The van der Waals surface area contributed by atoms with Crippen molar-refractivity contribution in [2.75, 3.05) is 20.7 Å². The standard InChI is InChI=1S/C16H14BrF2N3O2/c1-22(2)7-10(6-20)16(23)13-3-9-4-14(24-8-15(18)19)11(17)5-12(9)21-13/h3-5,7,15,21H,8H2,1-2H3/b10-7+. The summed E-state index contributed by atoms with van der Waals surface area (Å²) < 4.78 is 30.1. The van der Waals surface area contributed by atoms with Gasteiger partial charge in [0.15, 0.2) is 0 Å². The van der Waals surface area contributed by atoms with E-state index in [1.54, 1.807) is 37.2 Å². The number of carbonyl (C=O) groups is 1. The molecule has 1 heterocycles. The van der Waals surface area contributed by atoms with Gasteiger partial charge < -0.3 is 14.6 Å². The number of benzene rings is 1. The number of alkyl halides is 2. The topological polar surface area (TPSA) is 69.1 Å². The number of hydrogen-bond acceptors (Lipinski definition) is 4. The van der Waals surface area contributed by atoms with Crippen molar-refractivity contribution in [2.45, 2.75) is 6.43 Å². The number of H-pyrrole nitrogens is 1. The summed E-state index contributed by atoms with van der Waals surface area (Å²) >= 11 is 3.24. The molecule has 2 rings (SSSR count). The minimum absolute atomic E-state index is 0.0141. The molecule has 0 saturated heterocycles. The van der Waals surface area contributed by atoms with Crippen molar-refractivity contribution in [1.29, 1.82) is 5.26 Å². The molecule has 0 aliphatic heterocycles. The van der Waals surface area contributed by atoms with Crippen LogP contribution < -0.4 is 4.74 Å². The zero-order chi connectivity index (χ0) is 17.9. The average molecular weight is 398 g/mol. The van der Waals surface area contributed by atoms with Gasteiger partial charge in [-0.25, -0.2) is 8.78 Å². The second-order valence-corrected chi connectivity index (χ2v) is 6.06. The van der Waals surface area contributed by atoms with Crippen molar-refractivity contribution in [3.8, 4) is 11.8 Å². The van der Waals surface area contributed by atoms with Gasteiger partial charge in [-0.2, -0.15) is 5.26 Å². The highest BCUT2D eigenvalue weighted by molar-refractivity contribution is 9.10. The van der Waals surface area contributed by atoms with Crippen molar-refractivity contribution in [2.24, 2.45) is 0 Å². The molecular weight excluding hydrogens is 384 g/mol. The number of aromatic amines is 1. The van der Waals surface area contributed by atoms with Gasteiger partial charge >= 0.3 is 0 Å². The number of hydrogen-bond donors (Lipinski definition) is 1. The van der Waals surface area contributed by atoms with E-state index in [0.717, 1.165) is 0 Å². The summed E-state index contributed by atoms with van der Waals surface area (Å²) in [6.45, 7) is -0.718. The van der Waals surface area contributed by atoms with Crippen LogP contribution in [0.2, 0.25) is 0 Å². The average Bonchev–Trinajstić information content (AvgIpc) is 2.91. The van der Waals surface area contributed by atoms with Crippen molar-refractivity contribution < 1.29 is 18.3 Å². The van der Waals surface area contributed by atoms with E-state index >= 15 is 0 Å². The van der Waals surface area contributed by atoms with Crippen LogP contribution in [0.4, 0.5) is 8.78 Å². The molecule has 1 N–H and O–H groups in total. The van der Waals surface area contributed by atoms with Gasteiger partial charge in [0.25, 0.3) is 6.43 Å². The molecule has 2 aromatic rings. The zero-order valence-electron chi connectivity index (χ0n) is 12.9. The smallest absolute Gasteiger partial charge is 0.272 e. The summed E-state index contributed by atoms with van der Waals surface area (Å²) in [6.07, 6.45) is -1.15. The molecule has 1 aromatic heterocycles. The molecule has 24 heavy (non-hydrogen) atoms. The molecule has 126 valence electrons. The molecule has 0 saturated carbocycles. The highest BCUT2D eigenvalue weighted by atomic mass is 79.9. The normalized spacial score (nSPS) is 11.6. The first kappa shape index (κ1) is 17.9. The zero-order valence-corrected chi connectivity index (χ0v) is 14.5. The Morgan fingerprint density at radius 1 is 1.46 bits per heavy atom. The summed E-state index contributed by atoms with van der Waals surface area (Å²) in [5.74, 6) is -0.196. The fourth-order valence-corrected chi connectivity index (χ4v) is 2.52. The summed E-state index contributed by atoms with van der Waals surface area (Å²) in [5.41, 5.74) is 0.842. The Morgan fingerprint density at radius 3 is 2.75 bits per heavy atom. The first-order valence-electron chi connectivity index (χ1n) is 6.88. The number of aromatic nitrogens is 1. The van der Waals surface area contributed by atoms with Crippen LogP contribution in [0.15, 0.2) is 34.4 Å². The number of halogens is 3. The first-order valence-corrected chi connectivity index (χ1v) is 7.67. The number of nitriles is 1. The summed E-state index contributed by atoms with van der Waals surface area (Å²) in [4.78, 5) is 16.9. The van der Waals surface area contributed by atoms with Gasteiger partial charge in [0.05, 0.1) is 10.2 Å². The second-order valence-electron chi connectivity index (χ2n) is 5.20. The lowest BCUT2D eigenvalue weighted by molar-refractivity contribution is 0.0816. The molecule has 0 fully saturated rings. The molecule has 0 unspecified atom stereocenters. The predicted octanol–water partition coefficient (Wildman–Crippen LogP) is 3.73. The maximum Gasteiger partial charge on any atom is 0.272 e. The number of allylic oxidation sites excluding steroid dienone is 1. The van der Waals surface area contributed by atoms with Crippen LogP contribution in [-0.4, -0.2) is 42.8 Å². The van der Waals surface area contributed by atoms with Gasteiger partial charge in [-0.05, 0) is 34.1 Å². The lowest BCUT2D eigenvalue weighted by atomic mass is 10.1. The third-order valence-electron chi connectivity index (χ3n) is 3.04. The number of fused-ring (bicyclic) bond motifs is 1. The van der Waals surface area contributed by atoms with E-state index in [0.29, 0.717) is 15.4 Å². The Morgan fingerprint density at radius 2 is 2.17 bits per heavy atom. The molecule has 0 aliphatic rings. The van der Waals surface area contributed by atoms with Gasteiger partial charge in [-0.15, -0.1) is 0 Å². The molecule has 0 bridgehead atoms. The van der Waals surface area contributed by atoms with Crippen molar-refractivity contribution in [3.63, 3.8) is 0 Å². The molecule has 1 aromatic carbocycles. The largest absolute Gasteiger partial charge is 0.486 e.